The number of aliphatic hydroxyl groups is 1. The molecule has 1 aliphatic heterocycles. The Kier molecular flexibility index (Phi) is 6.92. The maximum absolute atomic E-state index is 11.3. The van der Waals surface area contributed by atoms with Crippen LogP contribution in [0.5, 0.6) is 40.2 Å². The summed E-state index contributed by atoms with van der Waals surface area (Å²) in [5.74, 6) is 1.23. The Morgan fingerprint density at radius 3 is 2.45 bits per heavy atom. The minimum absolute atomic E-state index is 0.133. The Morgan fingerprint density at radius 2 is 1.74 bits per heavy atom. The molecule has 3 aromatic rings. The fourth-order valence-corrected chi connectivity index (χ4v) is 5.44. The zero-order valence-electron chi connectivity index (χ0n) is 22.1. The van der Waals surface area contributed by atoms with Crippen LogP contribution in [0.2, 0.25) is 0 Å². The quantitative estimate of drug-likeness (QED) is 0.341. The molecule has 2 atom stereocenters. The Morgan fingerprint density at radius 1 is 0.947 bits per heavy atom. The van der Waals surface area contributed by atoms with Crippen LogP contribution >= 0.6 is 0 Å². The van der Waals surface area contributed by atoms with Gasteiger partial charge in [-0.25, -0.2) is 0 Å². The molecule has 38 heavy (non-hydrogen) atoms. The van der Waals surface area contributed by atoms with E-state index in [-0.39, 0.29) is 34.3 Å². The largest absolute Gasteiger partial charge is 0.508 e. The van der Waals surface area contributed by atoms with Crippen LogP contribution < -0.4 is 18.9 Å². The molecule has 0 bridgehead atoms. The first kappa shape index (κ1) is 25.9. The lowest BCUT2D eigenvalue weighted by Gasteiger charge is -2.35. The molecule has 1 aliphatic carbocycles. The van der Waals surface area contributed by atoms with Crippen molar-refractivity contribution in [3.63, 3.8) is 0 Å². The topological polar surface area (TPSA) is 118 Å². The van der Waals surface area contributed by atoms with E-state index in [0.29, 0.717) is 36.9 Å². The van der Waals surface area contributed by atoms with E-state index in [1.165, 1.54) is 13.2 Å². The number of benzene rings is 3. The van der Waals surface area contributed by atoms with E-state index in [4.69, 9.17) is 18.9 Å². The number of methoxy groups -OCH3 is 2. The molecule has 2 aliphatic rings. The van der Waals surface area contributed by atoms with Gasteiger partial charge in [0, 0.05) is 29.2 Å². The third-order valence-electron chi connectivity index (χ3n) is 7.40. The Bertz CT molecular complexity index is 1360. The van der Waals surface area contributed by atoms with Gasteiger partial charge in [-0.05, 0) is 60.1 Å². The first-order chi connectivity index (χ1) is 18.2. The number of aliphatic hydroxyl groups excluding tert-OH is 1. The van der Waals surface area contributed by atoms with E-state index in [9.17, 15) is 20.4 Å². The molecular weight excluding hydrogens is 488 g/mol. The molecular formula is C30H34O8. The summed E-state index contributed by atoms with van der Waals surface area (Å²) in [5, 5.41) is 42.8. The molecule has 2 unspecified atom stereocenters. The van der Waals surface area contributed by atoms with Crippen molar-refractivity contribution >= 4 is 0 Å². The van der Waals surface area contributed by atoms with Crippen molar-refractivity contribution in [3.05, 3.63) is 52.6 Å². The Labute approximate surface area is 222 Å². The SMILES string of the molecule is COc1cc2c(c3c1-c1ccc(O)cc1CC3)CC(O)C(c1cc(OCCC(C)C)c(O)c(OC)c1O)O2. The number of aromatic hydroxyl groups is 3. The highest BCUT2D eigenvalue weighted by Gasteiger charge is 2.37. The van der Waals surface area contributed by atoms with Crippen molar-refractivity contribution in [3.8, 4) is 51.4 Å². The van der Waals surface area contributed by atoms with Crippen LogP contribution in [0.1, 0.15) is 48.6 Å². The van der Waals surface area contributed by atoms with E-state index in [1.807, 2.05) is 12.1 Å². The fourth-order valence-electron chi connectivity index (χ4n) is 5.44. The molecule has 0 spiro atoms. The summed E-state index contributed by atoms with van der Waals surface area (Å²) in [6, 6.07) is 8.65. The highest BCUT2D eigenvalue weighted by Crippen LogP contribution is 2.52. The van der Waals surface area contributed by atoms with Gasteiger partial charge in [-0.3, -0.25) is 0 Å². The normalized spacial score (nSPS) is 17.7. The fraction of sp³-hybridized carbons (Fsp3) is 0.400. The van der Waals surface area contributed by atoms with E-state index in [1.54, 1.807) is 19.2 Å². The summed E-state index contributed by atoms with van der Waals surface area (Å²) >= 11 is 0. The van der Waals surface area contributed by atoms with Crippen molar-refractivity contribution < 1.29 is 39.4 Å². The van der Waals surface area contributed by atoms with Crippen LogP contribution in [0.3, 0.4) is 0 Å². The second-order valence-corrected chi connectivity index (χ2v) is 10.3. The molecule has 0 fully saturated rings. The van der Waals surface area contributed by atoms with Crippen molar-refractivity contribution in [2.75, 3.05) is 20.8 Å². The predicted octanol–water partition coefficient (Wildman–Crippen LogP) is 5.05. The highest BCUT2D eigenvalue weighted by molar-refractivity contribution is 5.82. The molecule has 1 heterocycles. The van der Waals surface area contributed by atoms with Gasteiger partial charge < -0.3 is 39.4 Å². The van der Waals surface area contributed by atoms with Gasteiger partial charge in [0.1, 0.15) is 17.2 Å². The van der Waals surface area contributed by atoms with Crippen LogP contribution in [0.25, 0.3) is 11.1 Å². The summed E-state index contributed by atoms with van der Waals surface area (Å²) in [6.45, 7) is 4.52. The van der Waals surface area contributed by atoms with E-state index in [2.05, 4.69) is 13.8 Å². The molecule has 5 rings (SSSR count). The average Bonchev–Trinajstić information content (AvgIpc) is 2.89. The monoisotopic (exact) mass is 522 g/mol. The molecule has 8 heteroatoms. The Hall–Kier alpha value is -3.78. The predicted molar refractivity (Wildman–Crippen MR) is 142 cm³/mol. The van der Waals surface area contributed by atoms with Crippen LogP contribution in [0, 0.1) is 5.92 Å². The van der Waals surface area contributed by atoms with Gasteiger partial charge in [0.05, 0.1) is 26.9 Å². The molecule has 4 N–H and O–H groups in total. The maximum Gasteiger partial charge on any atom is 0.207 e. The molecule has 0 aromatic heterocycles. The molecule has 0 radical (unpaired) electrons. The second-order valence-electron chi connectivity index (χ2n) is 10.3. The second kappa shape index (κ2) is 10.2. The van der Waals surface area contributed by atoms with Gasteiger partial charge in [-0.1, -0.05) is 19.9 Å². The van der Waals surface area contributed by atoms with Crippen molar-refractivity contribution in [1.29, 1.82) is 0 Å². The third kappa shape index (κ3) is 4.43. The van der Waals surface area contributed by atoms with Gasteiger partial charge in [-0.2, -0.15) is 0 Å². The first-order valence-electron chi connectivity index (χ1n) is 12.9. The molecule has 0 saturated heterocycles. The van der Waals surface area contributed by atoms with Gasteiger partial charge in [0.15, 0.2) is 17.6 Å². The van der Waals surface area contributed by atoms with Gasteiger partial charge in [0.25, 0.3) is 0 Å². The third-order valence-corrected chi connectivity index (χ3v) is 7.40. The minimum Gasteiger partial charge on any atom is -0.508 e. The highest BCUT2D eigenvalue weighted by atomic mass is 16.5. The average molecular weight is 523 g/mol. The van der Waals surface area contributed by atoms with Gasteiger partial charge in [0.2, 0.25) is 11.5 Å². The number of fused-ring (bicyclic) bond motifs is 5. The summed E-state index contributed by atoms with van der Waals surface area (Å²) in [4.78, 5) is 0. The van der Waals surface area contributed by atoms with Crippen LogP contribution in [-0.2, 0) is 19.3 Å². The van der Waals surface area contributed by atoms with Crippen LogP contribution in [0.4, 0.5) is 0 Å². The number of phenolic OH excluding ortho intramolecular Hbond substituents is 3. The van der Waals surface area contributed by atoms with Crippen molar-refractivity contribution in [1.82, 2.24) is 0 Å². The maximum atomic E-state index is 11.3. The number of ether oxygens (including phenoxy) is 4. The standard InChI is InChI=1S/C30H34O8/c1-15(2)9-10-37-25-13-21(27(33)30(36-4)28(25)34)29-22(32)12-20-19-7-5-16-11-17(31)6-8-18(16)26(19)24(35-3)14-23(20)38-29/h6,8,11,13-15,22,29,31-34H,5,7,9-10,12H2,1-4H3. The molecule has 3 aromatic carbocycles. The van der Waals surface area contributed by atoms with Crippen molar-refractivity contribution in [2.24, 2.45) is 5.92 Å². The zero-order valence-corrected chi connectivity index (χ0v) is 22.1. The number of aryl methyl sites for hydroxylation is 1. The van der Waals surface area contributed by atoms with E-state index in [0.717, 1.165) is 40.7 Å². The van der Waals surface area contributed by atoms with E-state index < -0.39 is 12.2 Å². The molecule has 202 valence electrons. The van der Waals surface area contributed by atoms with E-state index >= 15 is 0 Å². The number of rotatable bonds is 7. The van der Waals surface area contributed by atoms with Crippen molar-refractivity contribution in [2.45, 2.75) is 51.7 Å². The number of phenols is 3. The van der Waals surface area contributed by atoms with Crippen LogP contribution in [0.15, 0.2) is 30.3 Å². The lowest BCUT2D eigenvalue weighted by molar-refractivity contribution is 0.0187. The number of hydrogen-bond donors (Lipinski definition) is 4. The minimum atomic E-state index is -0.982. The lowest BCUT2D eigenvalue weighted by Crippen LogP contribution is -2.31. The Balaban J connectivity index is 1.56. The van der Waals surface area contributed by atoms with Crippen LogP contribution in [-0.4, -0.2) is 47.4 Å². The summed E-state index contributed by atoms with van der Waals surface area (Å²) in [5.41, 5.74) is 5.16. The lowest BCUT2D eigenvalue weighted by atomic mass is 9.80. The molecule has 0 amide bonds. The summed E-state index contributed by atoms with van der Waals surface area (Å²) in [7, 11) is 2.95. The summed E-state index contributed by atoms with van der Waals surface area (Å²) < 4.78 is 23.2. The molecule has 8 nitrogen and oxygen atoms in total. The number of hydrogen-bond acceptors (Lipinski definition) is 8. The first-order valence-corrected chi connectivity index (χ1v) is 12.9. The smallest absolute Gasteiger partial charge is 0.207 e. The molecule has 0 saturated carbocycles. The zero-order chi connectivity index (χ0) is 27.1. The van der Waals surface area contributed by atoms with Gasteiger partial charge >= 0.3 is 0 Å². The van der Waals surface area contributed by atoms with Gasteiger partial charge in [-0.15, -0.1) is 0 Å². The summed E-state index contributed by atoms with van der Waals surface area (Å²) in [6.07, 6.45) is 0.610.